The van der Waals surface area contributed by atoms with Gasteiger partial charge in [0.15, 0.2) is 0 Å². The van der Waals surface area contributed by atoms with Crippen LogP contribution < -0.4 is 0 Å². The molecule has 0 saturated heterocycles. The Morgan fingerprint density at radius 2 is 2.31 bits per heavy atom. The Morgan fingerprint density at radius 3 is 2.88 bits per heavy atom. The predicted molar refractivity (Wildman–Crippen MR) is 66.7 cm³/mol. The first-order valence-electron chi connectivity index (χ1n) is 4.96. The fourth-order valence-corrected chi connectivity index (χ4v) is 2.82. The van der Waals surface area contributed by atoms with E-state index in [2.05, 4.69) is 5.10 Å². The van der Waals surface area contributed by atoms with E-state index in [0.717, 1.165) is 33.7 Å². The molecule has 2 aromatic rings. The second-order valence-corrected chi connectivity index (χ2v) is 4.89. The van der Waals surface area contributed by atoms with E-state index in [1.54, 1.807) is 22.7 Å². The summed E-state index contributed by atoms with van der Waals surface area (Å²) in [6.07, 6.45) is 1.69. The van der Waals surface area contributed by atoms with Gasteiger partial charge in [0.1, 0.15) is 10.9 Å². The van der Waals surface area contributed by atoms with Crippen LogP contribution in [0.3, 0.4) is 0 Å². The molecule has 5 heteroatoms. The number of thioether (sulfide) groups is 1. The first-order chi connectivity index (χ1) is 7.68. The average molecular weight is 257 g/mol. The van der Waals surface area contributed by atoms with Crippen LogP contribution in [0.15, 0.2) is 22.8 Å². The molecule has 0 N–H and O–H groups in total. The van der Waals surface area contributed by atoms with Gasteiger partial charge in [-0.2, -0.15) is 5.10 Å². The molecule has 0 saturated carbocycles. The molecule has 0 aliphatic rings. The van der Waals surface area contributed by atoms with Crippen molar-refractivity contribution in [2.24, 2.45) is 7.05 Å². The van der Waals surface area contributed by atoms with E-state index in [1.165, 1.54) is 0 Å². The number of furan rings is 1. The van der Waals surface area contributed by atoms with Crippen LogP contribution in [0.2, 0.25) is 5.15 Å². The Hall–Kier alpha value is -0.870. The van der Waals surface area contributed by atoms with Gasteiger partial charge in [-0.15, -0.1) is 11.8 Å². The highest BCUT2D eigenvalue weighted by Crippen LogP contribution is 2.25. The van der Waals surface area contributed by atoms with Crippen LogP contribution in [-0.2, 0) is 18.6 Å². The highest BCUT2D eigenvalue weighted by atomic mass is 35.5. The van der Waals surface area contributed by atoms with Gasteiger partial charge in [0.05, 0.1) is 17.7 Å². The maximum atomic E-state index is 6.14. The van der Waals surface area contributed by atoms with E-state index in [9.17, 15) is 0 Å². The van der Waals surface area contributed by atoms with Gasteiger partial charge in [0.2, 0.25) is 0 Å². The molecule has 2 heterocycles. The summed E-state index contributed by atoms with van der Waals surface area (Å²) in [7, 11) is 1.86. The van der Waals surface area contributed by atoms with E-state index >= 15 is 0 Å². The zero-order valence-electron chi connectivity index (χ0n) is 9.24. The summed E-state index contributed by atoms with van der Waals surface area (Å²) < 4.78 is 6.97. The summed E-state index contributed by atoms with van der Waals surface area (Å²) in [5.74, 6) is 2.71. The molecule has 0 aromatic carbocycles. The Kier molecular flexibility index (Phi) is 3.61. The molecule has 0 amide bonds. The van der Waals surface area contributed by atoms with Gasteiger partial charge in [-0.05, 0) is 19.1 Å². The second-order valence-electron chi connectivity index (χ2n) is 3.55. The van der Waals surface area contributed by atoms with Crippen LogP contribution in [-0.4, -0.2) is 9.78 Å². The Morgan fingerprint density at radius 1 is 1.50 bits per heavy atom. The van der Waals surface area contributed by atoms with Crippen molar-refractivity contribution >= 4 is 23.4 Å². The molecule has 0 aliphatic heterocycles. The molecule has 2 aromatic heterocycles. The number of halogens is 1. The number of aromatic nitrogens is 2. The van der Waals surface area contributed by atoms with Crippen molar-refractivity contribution in [3.8, 4) is 0 Å². The van der Waals surface area contributed by atoms with Crippen LogP contribution in [0.5, 0.6) is 0 Å². The third-order valence-corrected chi connectivity index (χ3v) is 3.79. The zero-order valence-corrected chi connectivity index (χ0v) is 10.8. The smallest absolute Gasteiger partial charge is 0.131 e. The van der Waals surface area contributed by atoms with Crippen molar-refractivity contribution in [2.45, 2.75) is 18.4 Å². The Bertz CT molecular complexity index is 465. The molecule has 0 fully saturated rings. The van der Waals surface area contributed by atoms with Crippen molar-refractivity contribution in [1.82, 2.24) is 9.78 Å². The number of hydrogen-bond donors (Lipinski definition) is 0. The van der Waals surface area contributed by atoms with Gasteiger partial charge < -0.3 is 4.42 Å². The Labute approximate surface area is 104 Å². The molecule has 0 aliphatic carbocycles. The normalized spacial score (nSPS) is 10.9. The fourth-order valence-electron chi connectivity index (χ4n) is 1.49. The van der Waals surface area contributed by atoms with Gasteiger partial charge in [0.25, 0.3) is 0 Å². The molecule has 0 unspecified atom stereocenters. The molecule has 16 heavy (non-hydrogen) atoms. The summed E-state index contributed by atoms with van der Waals surface area (Å²) in [6, 6.07) is 3.88. The number of rotatable bonds is 4. The van der Waals surface area contributed by atoms with Crippen molar-refractivity contribution in [1.29, 1.82) is 0 Å². The molecular weight excluding hydrogens is 244 g/mol. The number of aryl methyl sites for hydroxylation is 2. The van der Waals surface area contributed by atoms with Crippen LogP contribution >= 0.6 is 23.4 Å². The highest BCUT2D eigenvalue weighted by molar-refractivity contribution is 7.97. The van der Waals surface area contributed by atoms with Crippen LogP contribution in [0, 0.1) is 6.92 Å². The predicted octanol–water partition coefficient (Wildman–Crippen LogP) is 3.41. The second kappa shape index (κ2) is 4.97. The molecule has 0 atom stereocenters. The van der Waals surface area contributed by atoms with E-state index in [0.29, 0.717) is 0 Å². The lowest BCUT2D eigenvalue weighted by Crippen LogP contribution is -1.89. The number of hydrogen-bond acceptors (Lipinski definition) is 3. The lowest BCUT2D eigenvalue weighted by atomic mass is 10.3. The fraction of sp³-hybridized carbons (Fsp3) is 0.364. The first-order valence-corrected chi connectivity index (χ1v) is 6.50. The quantitative estimate of drug-likeness (QED) is 0.840. The van der Waals surface area contributed by atoms with Crippen LogP contribution in [0.25, 0.3) is 0 Å². The molecular formula is C11H13ClN2OS. The minimum atomic E-state index is 0.726. The summed E-state index contributed by atoms with van der Waals surface area (Å²) >= 11 is 7.91. The highest BCUT2D eigenvalue weighted by Gasteiger charge is 2.10. The van der Waals surface area contributed by atoms with Gasteiger partial charge in [-0.25, -0.2) is 0 Å². The SMILES string of the molecule is Cc1nn(C)c(Cl)c1CSCc1ccco1. The number of nitrogens with zero attached hydrogens (tertiary/aromatic N) is 2. The van der Waals surface area contributed by atoms with Gasteiger partial charge in [0, 0.05) is 18.4 Å². The zero-order chi connectivity index (χ0) is 11.5. The first kappa shape index (κ1) is 11.6. The van der Waals surface area contributed by atoms with Crippen molar-refractivity contribution in [2.75, 3.05) is 0 Å². The maximum Gasteiger partial charge on any atom is 0.131 e. The molecule has 0 radical (unpaired) electrons. The van der Waals surface area contributed by atoms with Crippen LogP contribution in [0.1, 0.15) is 17.0 Å². The monoisotopic (exact) mass is 256 g/mol. The van der Waals surface area contributed by atoms with E-state index in [-0.39, 0.29) is 0 Å². The largest absolute Gasteiger partial charge is 0.468 e. The van der Waals surface area contributed by atoms with E-state index in [1.807, 2.05) is 26.1 Å². The molecule has 0 spiro atoms. The summed E-state index contributed by atoms with van der Waals surface area (Å²) in [6.45, 7) is 1.98. The molecule has 2 rings (SSSR count). The lowest BCUT2D eigenvalue weighted by Gasteiger charge is -1.99. The Balaban J connectivity index is 1.95. The third kappa shape index (κ3) is 2.44. The summed E-state index contributed by atoms with van der Waals surface area (Å²) in [4.78, 5) is 0. The topological polar surface area (TPSA) is 31.0 Å². The molecule has 0 bridgehead atoms. The van der Waals surface area contributed by atoms with Gasteiger partial charge >= 0.3 is 0 Å². The van der Waals surface area contributed by atoms with Gasteiger partial charge in [-0.1, -0.05) is 11.6 Å². The minimum Gasteiger partial charge on any atom is -0.468 e. The summed E-state index contributed by atoms with van der Waals surface area (Å²) in [5.41, 5.74) is 2.11. The van der Waals surface area contributed by atoms with E-state index in [4.69, 9.17) is 16.0 Å². The lowest BCUT2D eigenvalue weighted by molar-refractivity contribution is 0.530. The minimum absolute atomic E-state index is 0.726. The van der Waals surface area contributed by atoms with Crippen LogP contribution in [0.4, 0.5) is 0 Å². The maximum absolute atomic E-state index is 6.14. The van der Waals surface area contributed by atoms with Crippen molar-refractivity contribution in [3.05, 3.63) is 40.6 Å². The van der Waals surface area contributed by atoms with Crippen molar-refractivity contribution in [3.63, 3.8) is 0 Å². The molecule has 3 nitrogen and oxygen atoms in total. The summed E-state index contributed by atoms with van der Waals surface area (Å²) in [5, 5.41) is 5.00. The average Bonchev–Trinajstić information content (AvgIpc) is 2.82. The van der Waals surface area contributed by atoms with E-state index < -0.39 is 0 Å². The standard InChI is InChI=1S/C11H13ClN2OS/c1-8-10(11(12)14(2)13-8)7-16-6-9-4-3-5-15-9/h3-5H,6-7H2,1-2H3. The third-order valence-electron chi connectivity index (χ3n) is 2.34. The van der Waals surface area contributed by atoms with Crippen molar-refractivity contribution < 1.29 is 4.42 Å². The molecule has 86 valence electrons. The van der Waals surface area contributed by atoms with Gasteiger partial charge in [-0.3, -0.25) is 4.68 Å².